The van der Waals surface area contributed by atoms with Crippen LogP contribution in [0.2, 0.25) is 0 Å². The van der Waals surface area contributed by atoms with Crippen molar-refractivity contribution in [3.63, 3.8) is 0 Å². The first-order valence-electron chi connectivity index (χ1n) is 5.23. The SMILES string of the molecule is Cn1cc(C(=O)CC2CCSCC2)nn1. The minimum absolute atomic E-state index is 0.139. The molecule has 1 saturated heterocycles. The second-order valence-corrected chi connectivity index (χ2v) is 5.19. The Morgan fingerprint density at radius 3 is 2.93 bits per heavy atom. The maximum absolute atomic E-state index is 11.8. The molecule has 5 heteroatoms. The lowest BCUT2D eigenvalue weighted by molar-refractivity contribution is 0.0953. The highest BCUT2D eigenvalue weighted by Gasteiger charge is 2.19. The third-order valence-corrected chi connectivity index (χ3v) is 3.75. The molecule has 0 N–H and O–H groups in total. The molecule has 0 saturated carbocycles. The summed E-state index contributed by atoms with van der Waals surface area (Å²) in [5.41, 5.74) is 0.510. The lowest BCUT2D eigenvalue weighted by Gasteiger charge is -2.19. The molecule has 15 heavy (non-hydrogen) atoms. The molecule has 0 radical (unpaired) electrons. The monoisotopic (exact) mass is 225 g/mol. The molecule has 1 aliphatic rings. The molecule has 0 atom stereocenters. The van der Waals surface area contributed by atoms with Gasteiger partial charge in [0.25, 0.3) is 0 Å². The average molecular weight is 225 g/mol. The largest absolute Gasteiger partial charge is 0.292 e. The molecule has 0 aromatic carbocycles. The van der Waals surface area contributed by atoms with Crippen molar-refractivity contribution in [3.8, 4) is 0 Å². The summed E-state index contributed by atoms with van der Waals surface area (Å²) in [7, 11) is 1.78. The van der Waals surface area contributed by atoms with Gasteiger partial charge in [0.1, 0.15) is 5.69 Å². The fourth-order valence-electron chi connectivity index (χ4n) is 1.79. The number of carbonyl (C=O) groups excluding carboxylic acids is 1. The highest BCUT2D eigenvalue weighted by atomic mass is 32.2. The molecule has 0 spiro atoms. The van der Waals surface area contributed by atoms with Crippen molar-refractivity contribution in [2.45, 2.75) is 19.3 Å². The Morgan fingerprint density at radius 2 is 2.33 bits per heavy atom. The molecule has 4 nitrogen and oxygen atoms in total. The first-order chi connectivity index (χ1) is 7.25. The Kier molecular flexibility index (Phi) is 3.41. The van der Waals surface area contributed by atoms with Crippen molar-refractivity contribution < 1.29 is 4.79 Å². The maximum Gasteiger partial charge on any atom is 0.184 e. The quantitative estimate of drug-likeness (QED) is 0.732. The van der Waals surface area contributed by atoms with Gasteiger partial charge in [-0.1, -0.05) is 5.21 Å². The summed E-state index contributed by atoms with van der Waals surface area (Å²) in [6.07, 6.45) is 4.66. The van der Waals surface area contributed by atoms with E-state index in [0.717, 1.165) is 12.8 Å². The van der Waals surface area contributed by atoms with E-state index in [9.17, 15) is 4.79 Å². The van der Waals surface area contributed by atoms with Crippen LogP contribution in [0.15, 0.2) is 6.20 Å². The predicted octanol–water partition coefficient (Wildman–Crippen LogP) is 1.53. The van der Waals surface area contributed by atoms with Gasteiger partial charge in [-0.2, -0.15) is 11.8 Å². The van der Waals surface area contributed by atoms with E-state index in [1.54, 1.807) is 17.9 Å². The number of ketones is 1. The molecule has 1 aliphatic heterocycles. The van der Waals surface area contributed by atoms with Crippen molar-refractivity contribution in [2.24, 2.45) is 13.0 Å². The fraction of sp³-hybridized carbons (Fsp3) is 0.700. The van der Waals surface area contributed by atoms with E-state index in [1.165, 1.54) is 11.5 Å². The summed E-state index contributed by atoms with van der Waals surface area (Å²) in [5, 5.41) is 7.61. The van der Waals surface area contributed by atoms with Gasteiger partial charge in [0, 0.05) is 13.5 Å². The number of nitrogens with zero attached hydrogens (tertiary/aromatic N) is 3. The number of aromatic nitrogens is 3. The number of Topliss-reactive ketones (excluding diaryl/α,β-unsaturated/α-hetero) is 1. The van der Waals surface area contributed by atoms with Crippen molar-refractivity contribution in [2.75, 3.05) is 11.5 Å². The van der Waals surface area contributed by atoms with Crippen LogP contribution in [0.5, 0.6) is 0 Å². The van der Waals surface area contributed by atoms with Gasteiger partial charge in [-0.05, 0) is 30.3 Å². The van der Waals surface area contributed by atoms with Gasteiger partial charge in [0.2, 0.25) is 0 Å². The molecular formula is C10H15N3OS. The molecule has 1 aromatic rings. The lowest BCUT2D eigenvalue weighted by Crippen LogP contribution is -2.14. The molecule has 1 aromatic heterocycles. The van der Waals surface area contributed by atoms with Crippen molar-refractivity contribution in [3.05, 3.63) is 11.9 Å². The summed E-state index contributed by atoms with van der Waals surface area (Å²) in [6.45, 7) is 0. The van der Waals surface area contributed by atoms with Crippen LogP contribution in [0.25, 0.3) is 0 Å². The number of rotatable bonds is 3. The molecular weight excluding hydrogens is 210 g/mol. The molecule has 0 aliphatic carbocycles. The number of aryl methyl sites for hydroxylation is 1. The van der Waals surface area contributed by atoms with Crippen molar-refractivity contribution in [1.82, 2.24) is 15.0 Å². The summed E-state index contributed by atoms with van der Waals surface area (Å²) >= 11 is 1.98. The third-order valence-electron chi connectivity index (χ3n) is 2.70. The van der Waals surface area contributed by atoms with Crippen LogP contribution >= 0.6 is 11.8 Å². The Labute approximate surface area is 93.4 Å². The molecule has 82 valence electrons. The van der Waals surface area contributed by atoms with E-state index in [-0.39, 0.29) is 5.78 Å². The normalized spacial score (nSPS) is 17.9. The summed E-state index contributed by atoms with van der Waals surface area (Å²) in [4.78, 5) is 11.8. The Morgan fingerprint density at radius 1 is 1.60 bits per heavy atom. The summed E-state index contributed by atoms with van der Waals surface area (Å²) in [5.74, 6) is 3.08. The van der Waals surface area contributed by atoms with E-state index >= 15 is 0 Å². The van der Waals surface area contributed by atoms with Gasteiger partial charge in [-0.15, -0.1) is 5.10 Å². The Bertz CT molecular complexity index is 344. The molecule has 2 rings (SSSR count). The zero-order valence-electron chi connectivity index (χ0n) is 8.85. The zero-order valence-corrected chi connectivity index (χ0v) is 9.66. The molecule has 0 amide bonds. The standard InChI is InChI=1S/C10H15N3OS/c1-13-7-9(11-12-13)10(14)6-8-2-4-15-5-3-8/h7-8H,2-6H2,1H3. The molecule has 0 bridgehead atoms. The van der Waals surface area contributed by atoms with Crippen LogP contribution in [0, 0.1) is 5.92 Å². The molecule has 0 unspecified atom stereocenters. The highest BCUT2D eigenvalue weighted by molar-refractivity contribution is 7.99. The van der Waals surface area contributed by atoms with Gasteiger partial charge < -0.3 is 0 Å². The summed E-state index contributed by atoms with van der Waals surface area (Å²) in [6, 6.07) is 0. The molecule has 1 fully saturated rings. The number of thioether (sulfide) groups is 1. The Balaban J connectivity index is 1.91. The smallest absolute Gasteiger partial charge is 0.184 e. The van der Waals surface area contributed by atoms with E-state index in [4.69, 9.17) is 0 Å². The van der Waals surface area contributed by atoms with Crippen LogP contribution in [0.3, 0.4) is 0 Å². The number of carbonyl (C=O) groups is 1. The fourth-order valence-corrected chi connectivity index (χ4v) is 3.00. The highest BCUT2D eigenvalue weighted by Crippen LogP contribution is 2.26. The van der Waals surface area contributed by atoms with Crippen LogP contribution in [-0.4, -0.2) is 32.3 Å². The van der Waals surface area contributed by atoms with Crippen molar-refractivity contribution in [1.29, 1.82) is 0 Å². The predicted molar refractivity (Wildman–Crippen MR) is 60.0 cm³/mol. The van der Waals surface area contributed by atoms with Crippen molar-refractivity contribution >= 4 is 17.5 Å². The second-order valence-electron chi connectivity index (χ2n) is 3.96. The van der Waals surface area contributed by atoms with Crippen LogP contribution in [0.4, 0.5) is 0 Å². The van der Waals surface area contributed by atoms with Gasteiger partial charge in [0.15, 0.2) is 5.78 Å². The van der Waals surface area contributed by atoms with Gasteiger partial charge >= 0.3 is 0 Å². The van der Waals surface area contributed by atoms with Gasteiger partial charge in [-0.3, -0.25) is 9.48 Å². The average Bonchev–Trinajstić information content (AvgIpc) is 2.66. The zero-order chi connectivity index (χ0) is 10.7. The van der Waals surface area contributed by atoms with E-state index in [1.807, 2.05) is 11.8 Å². The first kappa shape index (κ1) is 10.7. The number of hydrogen-bond donors (Lipinski definition) is 0. The van der Waals surface area contributed by atoms with Gasteiger partial charge in [-0.25, -0.2) is 0 Å². The summed E-state index contributed by atoms with van der Waals surface area (Å²) < 4.78 is 1.57. The third kappa shape index (κ3) is 2.81. The minimum atomic E-state index is 0.139. The van der Waals surface area contributed by atoms with Crippen LogP contribution in [0.1, 0.15) is 29.8 Å². The van der Waals surface area contributed by atoms with E-state index < -0.39 is 0 Å². The van der Waals surface area contributed by atoms with Gasteiger partial charge in [0.05, 0.1) is 6.20 Å². The Hall–Kier alpha value is -0.840. The lowest BCUT2D eigenvalue weighted by atomic mass is 9.95. The van der Waals surface area contributed by atoms with Crippen LogP contribution < -0.4 is 0 Å². The van der Waals surface area contributed by atoms with E-state index in [0.29, 0.717) is 18.0 Å². The topological polar surface area (TPSA) is 47.8 Å². The molecule has 2 heterocycles. The first-order valence-corrected chi connectivity index (χ1v) is 6.38. The second kappa shape index (κ2) is 4.79. The van der Waals surface area contributed by atoms with Crippen LogP contribution in [-0.2, 0) is 7.05 Å². The minimum Gasteiger partial charge on any atom is -0.292 e. The maximum atomic E-state index is 11.8. The number of hydrogen-bond acceptors (Lipinski definition) is 4. The van der Waals surface area contributed by atoms with E-state index in [2.05, 4.69) is 10.3 Å².